The number of carbonyl (C=O) groups is 4. The van der Waals surface area contributed by atoms with Gasteiger partial charge in [0, 0.05) is 25.7 Å². The van der Waals surface area contributed by atoms with Gasteiger partial charge in [-0.25, -0.2) is 9.13 Å². The minimum absolute atomic E-state index is 0.107. The summed E-state index contributed by atoms with van der Waals surface area (Å²) < 4.78 is 68.5. The summed E-state index contributed by atoms with van der Waals surface area (Å²) in [5.41, 5.74) is 0. The molecule has 19 heteroatoms. The lowest BCUT2D eigenvalue weighted by Crippen LogP contribution is -2.30. The van der Waals surface area contributed by atoms with Crippen molar-refractivity contribution in [3.63, 3.8) is 0 Å². The van der Waals surface area contributed by atoms with Crippen LogP contribution in [0, 0.1) is 5.92 Å². The van der Waals surface area contributed by atoms with E-state index in [2.05, 4.69) is 34.6 Å². The average molecular weight is 1380 g/mol. The van der Waals surface area contributed by atoms with Crippen molar-refractivity contribution in [1.29, 1.82) is 0 Å². The van der Waals surface area contributed by atoms with Crippen LogP contribution in [0.15, 0.2) is 0 Å². The molecule has 0 saturated carbocycles. The molecule has 0 aliphatic rings. The van der Waals surface area contributed by atoms with Gasteiger partial charge < -0.3 is 33.8 Å². The molecule has 558 valence electrons. The van der Waals surface area contributed by atoms with E-state index in [0.717, 1.165) is 95.8 Å². The summed E-state index contributed by atoms with van der Waals surface area (Å²) in [6.45, 7) is 7.34. The highest BCUT2D eigenvalue weighted by atomic mass is 31.2. The number of esters is 4. The second kappa shape index (κ2) is 68.2. The van der Waals surface area contributed by atoms with E-state index in [1.54, 1.807) is 0 Å². The molecule has 3 unspecified atom stereocenters. The molecule has 0 bridgehead atoms. The number of unbranched alkanes of at least 4 members (excludes halogenated alkanes) is 46. The predicted molar refractivity (Wildman–Crippen MR) is 382 cm³/mol. The highest BCUT2D eigenvalue weighted by Gasteiger charge is 2.30. The van der Waals surface area contributed by atoms with E-state index in [-0.39, 0.29) is 25.7 Å². The quantitative estimate of drug-likeness (QED) is 0.0222. The van der Waals surface area contributed by atoms with Crippen LogP contribution in [0.4, 0.5) is 0 Å². The number of hydrogen-bond acceptors (Lipinski definition) is 15. The Bertz CT molecular complexity index is 1810. The summed E-state index contributed by atoms with van der Waals surface area (Å²) in [6, 6.07) is 0. The molecule has 0 spiro atoms. The lowest BCUT2D eigenvalue weighted by molar-refractivity contribution is -0.161. The fourth-order valence-corrected chi connectivity index (χ4v) is 13.1. The molecule has 0 rings (SSSR count). The normalized spacial score (nSPS) is 14.3. The van der Waals surface area contributed by atoms with E-state index in [1.165, 1.54) is 218 Å². The Morgan fingerprint density at radius 1 is 0.298 bits per heavy atom. The molecule has 0 radical (unpaired) electrons. The van der Waals surface area contributed by atoms with Crippen LogP contribution in [0.1, 0.15) is 394 Å². The molecule has 0 fully saturated rings. The lowest BCUT2D eigenvalue weighted by atomic mass is 9.99. The van der Waals surface area contributed by atoms with Crippen LogP contribution in [-0.4, -0.2) is 96.7 Å². The van der Waals surface area contributed by atoms with Gasteiger partial charge in [-0.2, -0.15) is 0 Å². The van der Waals surface area contributed by atoms with Crippen molar-refractivity contribution in [1.82, 2.24) is 0 Å². The third-order valence-corrected chi connectivity index (χ3v) is 19.8. The van der Waals surface area contributed by atoms with E-state index in [4.69, 9.17) is 37.0 Å². The summed E-state index contributed by atoms with van der Waals surface area (Å²) in [4.78, 5) is 72.7. The maximum atomic E-state index is 13.1. The Balaban J connectivity index is 5.24. The van der Waals surface area contributed by atoms with Crippen molar-refractivity contribution >= 4 is 39.5 Å². The largest absolute Gasteiger partial charge is 0.472 e. The van der Waals surface area contributed by atoms with Crippen LogP contribution in [0.25, 0.3) is 0 Å². The summed E-state index contributed by atoms with van der Waals surface area (Å²) in [6.07, 6.45) is 56.6. The first kappa shape index (κ1) is 92.1. The first-order valence-electron chi connectivity index (χ1n) is 39.2. The number of hydrogen-bond donors (Lipinski definition) is 3. The summed E-state index contributed by atoms with van der Waals surface area (Å²) in [5.74, 6) is -1.27. The van der Waals surface area contributed by atoms with Gasteiger partial charge >= 0.3 is 39.5 Å². The fraction of sp³-hybridized carbons (Fsp3) is 0.947. The molecule has 0 amide bonds. The van der Waals surface area contributed by atoms with Gasteiger partial charge in [-0.05, 0) is 31.6 Å². The number of ether oxygens (including phenoxy) is 4. The molecule has 0 aromatic heterocycles. The maximum Gasteiger partial charge on any atom is 0.472 e. The van der Waals surface area contributed by atoms with Gasteiger partial charge in [0.1, 0.15) is 19.3 Å². The molecule has 0 aromatic rings. The van der Waals surface area contributed by atoms with Gasteiger partial charge in [-0.1, -0.05) is 343 Å². The van der Waals surface area contributed by atoms with Gasteiger partial charge in [-0.15, -0.1) is 0 Å². The predicted octanol–water partition coefficient (Wildman–Crippen LogP) is 22.1. The zero-order valence-electron chi connectivity index (χ0n) is 61.1. The van der Waals surface area contributed by atoms with Crippen molar-refractivity contribution < 1.29 is 80.2 Å². The highest BCUT2D eigenvalue weighted by Crippen LogP contribution is 2.45. The van der Waals surface area contributed by atoms with Gasteiger partial charge in [-0.3, -0.25) is 37.3 Å². The van der Waals surface area contributed by atoms with E-state index in [0.29, 0.717) is 25.7 Å². The van der Waals surface area contributed by atoms with Gasteiger partial charge in [0.25, 0.3) is 0 Å². The van der Waals surface area contributed by atoms with Gasteiger partial charge in [0.05, 0.1) is 26.4 Å². The zero-order valence-corrected chi connectivity index (χ0v) is 62.9. The highest BCUT2D eigenvalue weighted by molar-refractivity contribution is 7.47. The first-order chi connectivity index (χ1) is 45.6. The standard InChI is InChI=1S/C75H146O17P2/c1-6-10-13-16-19-22-25-26-30-35-39-44-49-54-59-73(78)86-65-71(92-75(80)61-56-51-46-41-36-31-28-27-29-34-37-42-47-52-57-68(5)9-4)67-90-94(83,84)88-63-69(76)62-87-93(81,82)89-66-70(91-74(79)60-55-50-45-40-33-24-21-18-15-12-8-3)64-85-72(77)58-53-48-43-38-32-23-20-17-14-11-7-2/h68-71,76H,6-67H2,1-5H3,(H,81,82)(H,83,84)/t68?,69-,70+,71+/m0/s1. The summed E-state index contributed by atoms with van der Waals surface area (Å²) in [5, 5.41) is 10.6. The number of aliphatic hydroxyl groups excluding tert-OH is 1. The van der Waals surface area contributed by atoms with Crippen LogP contribution in [0.5, 0.6) is 0 Å². The molecule has 0 aliphatic carbocycles. The molecule has 0 aromatic carbocycles. The zero-order chi connectivity index (χ0) is 69.1. The molecular formula is C75H146O17P2. The van der Waals surface area contributed by atoms with Gasteiger partial charge in [0.15, 0.2) is 12.2 Å². The topological polar surface area (TPSA) is 237 Å². The minimum atomic E-state index is -4.96. The second-order valence-corrected chi connectivity index (χ2v) is 30.2. The monoisotopic (exact) mass is 1380 g/mol. The third-order valence-electron chi connectivity index (χ3n) is 17.9. The first-order valence-corrected chi connectivity index (χ1v) is 42.2. The molecule has 0 saturated heterocycles. The van der Waals surface area contributed by atoms with E-state index in [9.17, 15) is 43.2 Å². The van der Waals surface area contributed by atoms with E-state index >= 15 is 0 Å². The Morgan fingerprint density at radius 3 is 0.755 bits per heavy atom. The number of aliphatic hydroxyl groups is 1. The van der Waals surface area contributed by atoms with Crippen molar-refractivity contribution in [2.24, 2.45) is 5.92 Å². The average Bonchev–Trinajstić information content (AvgIpc) is 2.54. The molecule has 0 aliphatic heterocycles. The number of carbonyl (C=O) groups excluding carboxylic acids is 4. The Hall–Kier alpha value is -1.94. The van der Waals surface area contributed by atoms with Crippen LogP contribution in [-0.2, 0) is 65.4 Å². The molecular weight excluding hydrogens is 1230 g/mol. The van der Waals surface area contributed by atoms with Crippen molar-refractivity contribution in [2.75, 3.05) is 39.6 Å². The van der Waals surface area contributed by atoms with Crippen molar-refractivity contribution in [2.45, 2.75) is 412 Å². The number of phosphoric acid groups is 2. The Morgan fingerprint density at radius 2 is 0.511 bits per heavy atom. The van der Waals surface area contributed by atoms with Crippen molar-refractivity contribution in [3.8, 4) is 0 Å². The van der Waals surface area contributed by atoms with E-state index in [1.807, 2.05) is 0 Å². The van der Waals surface area contributed by atoms with Crippen LogP contribution < -0.4 is 0 Å². The lowest BCUT2D eigenvalue weighted by Gasteiger charge is -2.21. The molecule has 0 heterocycles. The minimum Gasteiger partial charge on any atom is -0.462 e. The maximum absolute atomic E-state index is 13.1. The number of rotatable bonds is 75. The molecule has 17 nitrogen and oxygen atoms in total. The van der Waals surface area contributed by atoms with E-state index < -0.39 is 97.5 Å². The van der Waals surface area contributed by atoms with Crippen LogP contribution in [0.2, 0.25) is 0 Å². The molecule has 6 atom stereocenters. The Kier molecular flexibility index (Phi) is 66.8. The smallest absolute Gasteiger partial charge is 0.462 e. The van der Waals surface area contributed by atoms with Crippen LogP contribution in [0.3, 0.4) is 0 Å². The SMILES string of the molecule is CCCCCCCCCCCCCCCCC(=O)OC[C@H](COP(=O)(O)OC[C@@H](O)COP(=O)(O)OC[C@@H](COC(=O)CCCCCCCCCCCCC)OC(=O)CCCCCCCCCCCCC)OC(=O)CCCCCCCCCCCCCCCCC(C)CC. The summed E-state index contributed by atoms with van der Waals surface area (Å²) >= 11 is 0. The fourth-order valence-electron chi connectivity index (χ4n) is 11.5. The second-order valence-electron chi connectivity index (χ2n) is 27.3. The number of phosphoric ester groups is 2. The Labute approximate surface area is 575 Å². The van der Waals surface area contributed by atoms with Gasteiger partial charge in [0.2, 0.25) is 0 Å². The van der Waals surface area contributed by atoms with Crippen molar-refractivity contribution in [3.05, 3.63) is 0 Å². The molecule has 3 N–H and O–H groups in total. The molecule has 94 heavy (non-hydrogen) atoms. The summed E-state index contributed by atoms with van der Waals surface area (Å²) in [7, 11) is -9.91. The third kappa shape index (κ3) is 67.3. The van der Waals surface area contributed by atoms with Crippen LogP contribution >= 0.6 is 15.6 Å².